The molecule has 0 spiro atoms. The van der Waals surface area contributed by atoms with E-state index in [1.165, 1.54) is 4.90 Å². The number of hydrogen-bond donors (Lipinski definition) is 0. The standard InChI is InChI=1S/C27H23N3O2/c1-19-8-3-6-11-25(19)30-26(31)23-10-5-4-9-22(23)24(27(30)32)18-20-12-14-21(15-13-20)29(2)17-7-16-28/h3-6,8-15,18H,7,17H2,1-2H3/b24-18-. The van der Waals surface area contributed by atoms with E-state index in [1.54, 1.807) is 12.1 Å². The van der Waals surface area contributed by atoms with Gasteiger partial charge in [0.05, 0.1) is 18.2 Å². The zero-order chi connectivity index (χ0) is 22.7. The molecule has 1 aliphatic heterocycles. The average Bonchev–Trinajstić information content (AvgIpc) is 2.82. The highest BCUT2D eigenvalue weighted by Crippen LogP contribution is 2.34. The molecule has 32 heavy (non-hydrogen) atoms. The number of rotatable bonds is 5. The molecule has 5 nitrogen and oxygen atoms in total. The Hall–Kier alpha value is -4.17. The molecule has 3 aromatic rings. The Labute approximate surface area is 187 Å². The smallest absolute Gasteiger partial charge is 0.265 e. The van der Waals surface area contributed by atoms with Crippen molar-refractivity contribution in [1.82, 2.24) is 0 Å². The quantitative estimate of drug-likeness (QED) is 0.426. The van der Waals surface area contributed by atoms with Crippen LogP contribution >= 0.6 is 0 Å². The van der Waals surface area contributed by atoms with Gasteiger partial charge in [0.25, 0.3) is 11.8 Å². The maximum absolute atomic E-state index is 13.5. The number of nitrogens with zero attached hydrogens (tertiary/aromatic N) is 3. The lowest BCUT2D eigenvalue weighted by Crippen LogP contribution is -2.42. The van der Waals surface area contributed by atoms with Crippen molar-refractivity contribution in [3.8, 4) is 6.07 Å². The van der Waals surface area contributed by atoms with E-state index in [1.807, 2.05) is 85.6 Å². The summed E-state index contributed by atoms with van der Waals surface area (Å²) >= 11 is 0. The van der Waals surface area contributed by atoms with Crippen molar-refractivity contribution in [3.05, 3.63) is 95.1 Å². The number of fused-ring (bicyclic) bond motifs is 1. The molecular formula is C27H23N3O2. The second-order valence-electron chi connectivity index (χ2n) is 7.76. The number of anilines is 2. The number of hydrogen-bond acceptors (Lipinski definition) is 4. The zero-order valence-corrected chi connectivity index (χ0v) is 18.1. The molecule has 0 unspecified atom stereocenters. The number of aryl methyl sites for hydroxylation is 1. The fourth-order valence-electron chi connectivity index (χ4n) is 3.86. The van der Waals surface area contributed by atoms with Crippen LogP contribution in [-0.2, 0) is 4.79 Å². The first kappa shape index (κ1) is 21.1. The third-order valence-electron chi connectivity index (χ3n) is 5.64. The highest BCUT2D eigenvalue weighted by molar-refractivity contribution is 6.43. The minimum Gasteiger partial charge on any atom is -0.374 e. The van der Waals surface area contributed by atoms with Crippen molar-refractivity contribution in [2.24, 2.45) is 0 Å². The number of carbonyl (C=O) groups is 2. The van der Waals surface area contributed by atoms with E-state index in [0.717, 1.165) is 16.8 Å². The van der Waals surface area contributed by atoms with Gasteiger partial charge in [-0.15, -0.1) is 0 Å². The lowest BCUT2D eigenvalue weighted by molar-refractivity contribution is -0.112. The number of para-hydroxylation sites is 1. The molecule has 158 valence electrons. The van der Waals surface area contributed by atoms with Crippen LogP contribution in [0.1, 0.15) is 33.5 Å². The van der Waals surface area contributed by atoms with Gasteiger partial charge in [-0.1, -0.05) is 48.5 Å². The van der Waals surface area contributed by atoms with Crippen molar-refractivity contribution in [2.45, 2.75) is 13.3 Å². The van der Waals surface area contributed by atoms with Crippen molar-refractivity contribution in [2.75, 3.05) is 23.4 Å². The molecule has 3 aromatic carbocycles. The summed E-state index contributed by atoms with van der Waals surface area (Å²) in [5.74, 6) is -0.648. The first-order valence-corrected chi connectivity index (χ1v) is 10.4. The highest BCUT2D eigenvalue weighted by atomic mass is 16.2. The number of carbonyl (C=O) groups excluding carboxylic acids is 2. The molecule has 5 heteroatoms. The molecule has 0 atom stereocenters. The molecule has 0 aromatic heterocycles. The van der Waals surface area contributed by atoms with E-state index >= 15 is 0 Å². The van der Waals surface area contributed by atoms with Crippen LogP contribution in [0.15, 0.2) is 72.8 Å². The second kappa shape index (κ2) is 8.91. The maximum atomic E-state index is 13.5. The normalized spacial score (nSPS) is 14.3. The Kier molecular flexibility index (Phi) is 5.87. The highest BCUT2D eigenvalue weighted by Gasteiger charge is 2.36. The van der Waals surface area contributed by atoms with E-state index in [2.05, 4.69) is 6.07 Å². The van der Waals surface area contributed by atoms with Crippen molar-refractivity contribution in [3.63, 3.8) is 0 Å². The summed E-state index contributed by atoms with van der Waals surface area (Å²) < 4.78 is 0. The molecule has 1 aliphatic rings. The molecule has 0 radical (unpaired) electrons. The van der Waals surface area contributed by atoms with E-state index < -0.39 is 0 Å². The predicted molar refractivity (Wildman–Crippen MR) is 127 cm³/mol. The summed E-state index contributed by atoms with van der Waals surface area (Å²) in [6, 6.07) is 24.6. The monoisotopic (exact) mass is 421 g/mol. The first-order chi connectivity index (χ1) is 15.5. The third-order valence-corrected chi connectivity index (χ3v) is 5.64. The summed E-state index contributed by atoms with van der Waals surface area (Å²) in [5, 5.41) is 8.79. The Morgan fingerprint density at radius 2 is 1.56 bits per heavy atom. The minimum absolute atomic E-state index is 0.313. The minimum atomic E-state index is -0.335. The summed E-state index contributed by atoms with van der Waals surface area (Å²) in [7, 11) is 1.94. The molecule has 4 rings (SSSR count). The summed E-state index contributed by atoms with van der Waals surface area (Å²) in [5.41, 5.74) is 4.94. The molecule has 0 saturated heterocycles. The van der Waals surface area contributed by atoms with Crippen LogP contribution in [0.5, 0.6) is 0 Å². The summed E-state index contributed by atoms with van der Waals surface area (Å²) in [6.07, 6.45) is 2.29. The van der Waals surface area contributed by atoms with Crippen LogP contribution in [0.25, 0.3) is 11.6 Å². The van der Waals surface area contributed by atoms with Crippen molar-refractivity contribution < 1.29 is 9.59 Å². The van der Waals surface area contributed by atoms with Crippen LogP contribution in [0, 0.1) is 18.3 Å². The Balaban J connectivity index is 1.76. The Bertz CT molecular complexity index is 1250. The van der Waals surface area contributed by atoms with Gasteiger partial charge >= 0.3 is 0 Å². The van der Waals surface area contributed by atoms with E-state index in [-0.39, 0.29) is 11.8 Å². The maximum Gasteiger partial charge on any atom is 0.265 e. The lowest BCUT2D eigenvalue weighted by Gasteiger charge is -2.29. The molecular weight excluding hydrogens is 398 g/mol. The number of imide groups is 1. The fraction of sp³-hybridized carbons (Fsp3) is 0.148. The van der Waals surface area contributed by atoms with E-state index in [4.69, 9.17) is 5.26 Å². The fourth-order valence-corrected chi connectivity index (χ4v) is 3.86. The average molecular weight is 422 g/mol. The topological polar surface area (TPSA) is 64.4 Å². The third kappa shape index (κ3) is 3.91. The predicted octanol–water partition coefficient (Wildman–Crippen LogP) is 5.07. The first-order valence-electron chi connectivity index (χ1n) is 10.4. The van der Waals surface area contributed by atoms with Gasteiger partial charge in [-0.2, -0.15) is 5.26 Å². The molecule has 0 bridgehead atoms. The molecule has 0 saturated carbocycles. The zero-order valence-electron chi connectivity index (χ0n) is 18.1. The van der Waals surface area contributed by atoms with Crippen LogP contribution < -0.4 is 9.80 Å². The van der Waals surface area contributed by atoms with Gasteiger partial charge in [-0.3, -0.25) is 9.59 Å². The Morgan fingerprint density at radius 3 is 2.25 bits per heavy atom. The second-order valence-corrected chi connectivity index (χ2v) is 7.76. The van der Waals surface area contributed by atoms with E-state index in [0.29, 0.717) is 35.4 Å². The SMILES string of the molecule is Cc1ccccc1N1C(=O)/C(=C\c2ccc(N(C)CCC#N)cc2)c2ccccc2C1=O. The van der Waals surface area contributed by atoms with Gasteiger partial charge < -0.3 is 4.90 Å². The van der Waals surface area contributed by atoms with Crippen LogP contribution in [-0.4, -0.2) is 25.4 Å². The number of benzene rings is 3. The lowest BCUT2D eigenvalue weighted by atomic mass is 9.91. The molecule has 2 amide bonds. The van der Waals surface area contributed by atoms with Gasteiger partial charge in [0.1, 0.15) is 0 Å². The van der Waals surface area contributed by atoms with E-state index in [9.17, 15) is 9.59 Å². The van der Waals surface area contributed by atoms with Gasteiger partial charge in [0, 0.05) is 30.4 Å². The van der Waals surface area contributed by atoms with Crippen molar-refractivity contribution >= 4 is 34.8 Å². The van der Waals surface area contributed by atoms with Gasteiger partial charge in [0.2, 0.25) is 0 Å². The number of nitriles is 1. The van der Waals surface area contributed by atoms with Crippen LogP contribution in [0.2, 0.25) is 0 Å². The van der Waals surface area contributed by atoms with Crippen LogP contribution in [0.3, 0.4) is 0 Å². The molecule has 0 aliphatic carbocycles. The van der Waals surface area contributed by atoms with Gasteiger partial charge in [-0.25, -0.2) is 4.90 Å². The molecule has 1 heterocycles. The Morgan fingerprint density at radius 1 is 0.906 bits per heavy atom. The summed E-state index contributed by atoms with van der Waals surface area (Å²) in [6.45, 7) is 2.54. The van der Waals surface area contributed by atoms with Gasteiger partial charge in [0.15, 0.2) is 0 Å². The summed E-state index contributed by atoms with van der Waals surface area (Å²) in [4.78, 5) is 30.1. The number of amides is 2. The van der Waals surface area contributed by atoms with Crippen LogP contribution in [0.4, 0.5) is 11.4 Å². The largest absolute Gasteiger partial charge is 0.374 e. The van der Waals surface area contributed by atoms with Crippen molar-refractivity contribution in [1.29, 1.82) is 5.26 Å². The molecule has 0 fully saturated rings. The molecule has 0 N–H and O–H groups in total. The van der Waals surface area contributed by atoms with Gasteiger partial charge in [-0.05, 0) is 54.0 Å².